The standard InChI is InChI=1S/C24H20BrN5O2/c1-16-4-7-19(28-23(31)15-32-20-8-5-18(25)6-9-20)13-22(16)30-24-27-12-10-21(29-24)17-3-2-11-26-14-17/h2-14H,15H2,1H3,(H,28,31)(H,27,29,30). The van der Waals surface area contributed by atoms with Crippen LogP contribution >= 0.6 is 15.9 Å². The molecule has 0 saturated heterocycles. The number of hydrogen-bond donors (Lipinski definition) is 2. The highest BCUT2D eigenvalue weighted by Crippen LogP contribution is 2.24. The molecule has 0 saturated carbocycles. The number of amides is 1. The van der Waals surface area contributed by atoms with Gasteiger partial charge in [0.2, 0.25) is 5.95 Å². The summed E-state index contributed by atoms with van der Waals surface area (Å²) in [6, 6.07) is 18.5. The van der Waals surface area contributed by atoms with Gasteiger partial charge in [-0.25, -0.2) is 9.97 Å². The molecule has 4 rings (SSSR count). The zero-order valence-corrected chi connectivity index (χ0v) is 18.8. The zero-order valence-electron chi connectivity index (χ0n) is 17.2. The molecule has 1 amide bonds. The number of carbonyl (C=O) groups excluding carboxylic acids is 1. The van der Waals surface area contributed by atoms with Crippen LogP contribution in [0.5, 0.6) is 5.75 Å². The number of halogens is 1. The quantitative estimate of drug-likeness (QED) is 0.362. The molecule has 0 aliphatic rings. The third kappa shape index (κ3) is 5.67. The van der Waals surface area contributed by atoms with Gasteiger partial charge in [0.15, 0.2) is 6.61 Å². The van der Waals surface area contributed by atoms with Crippen molar-refractivity contribution in [3.05, 3.63) is 89.3 Å². The molecule has 0 atom stereocenters. The molecule has 2 N–H and O–H groups in total. The van der Waals surface area contributed by atoms with E-state index in [1.807, 2.05) is 55.5 Å². The van der Waals surface area contributed by atoms with Crippen LogP contribution in [0.1, 0.15) is 5.56 Å². The number of anilines is 3. The highest BCUT2D eigenvalue weighted by atomic mass is 79.9. The largest absolute Gasteiger partial charge is 0.484 e. The summed E-state index contributed by atoms with van der Waals surface area (Å²) in [6.07, 6.45) is 5.17. The van der Waals surface area contributed by atoms with E-state index in [-0.39, 0.29) is 12.5 Å². The number of aryl methyl sites for hydroxylation is 1. The van der Waals surface area contributed by atoms with Gasteiger partial charge in [-0.05, 0) is 67.1 Å². The monoisotopic (exact) mass is 489 g/mol. The first-order valence-corrected chi connectivity index (χ1v) is 10.7. The second-order valence-corrected chi connectivity index (χ2v) is 7.87. The van der Waals surface area contributed by atoms with Crippen LogP contribution in [0.25, 0.3) is 11.3 Å². The van der Waals surface area contributed by atoms with Crippen molar-refractivity contribution >= 4 is 39.2 Å². The maximum Gasteiger partial charge on any atom is 0.262 e. The molecular formula is C24H20BrN5O2. The van der Waals surface area contributed by atoms with Gasteiger partial charge in [0.25, 0.3) is 5.91 Å². The van der Waals surface area contributed by atoms with E-state index in [1.54, 1.807) is 30.7 Å². The predicted molar refractivity (Wildman–Crippen MR) is 128 cm³/mol. The van der Waals surface area contributed by atoms with E-state index in [0.29, 0.717) is 17.4 Å². The van der Waals surface area contributed by atoms with Crippen molar-refractivity contribution in [3.63, 3.8) is 0 Å². The van der Waals surface area contributed by atoms with Crippen LogP contribution in [0.3, 0.4) is 0 Å². The highest BCUT2D eigenvalue weighted by molar-refractivity contribution is 9.10. The van der Waals surface area contributed by atoms with E-state index >= 15 is 0 Å². The van der Waals surface area contributed by atoms with E-state index in [4.69, 9.17) is 4.74 Å². The summed E-state index contributed by atoms with van der Waals surface area (Å²) in [5.41, 5.74) is 4.10. The molecular weight excluding hydrogens is 470 g/mol. The Labute approximate surface area is 194 Å². The minimum Gasteiger partial charge on any atom is -0.484 e. The molecule has 8 heteroatoms. The summed E-state index contributed by atoms with van der Waals surface area (Å²) in [4.78, 5) is 25.3. The van der Waals surface area contributed by atoms with E-state index < -0.39 is 0 Å². The number of nitrogens with zero attached hydrogens (tertiary/aromatic N) is 3. The average molecular weight is 490 g/mol. The molecule has 2 heterocycles. The maximum atomic E-state index is 12.3. The van der Waals surface area contributed by atoms with E-state index in [9.17, 15) is 4.79 Å². The molecule has 0 aliphatic heterocycles. The summed E-state index contributed by atoms with van der Waals surface area (Å²) < 4.78 is 6.47. The smallest absolute Gasteiger partial charge is 0.262 e. The van der Waals surface area contributed by atoms with Gasteiger partial charge in [-0.1, -0.05) is 22.0 Å². The molecule has 0 aliphatic carbocycles. The van der Waals surface area contributed by atoms with Crippen molar-refractivity contribution in [2.24, 2.45) is 0 Å². The Morgan fingerprint density at radius 2 is 1.91 bits per heavy atom. The van der Waals surface area contributed by atoms with Gasteiger partial charge < -0.3 is 15.4 Å². The average Bonchev–Trinajstić information content (AvgIpc) is 2.82. The van der Waals surface area contributed by atoms with Crippen LogP contribution in [0.15, 0.2) is 83.7 Å². The summed E-state index contributed by atoms with van der Waals surface area (Å²) in [7, 11) is 0. The lowest BCUT2D eigenvalue weighted by Gasteiger charge is -2.12. The summed E-state index contributed by atoms with van der Waals surface area (Å²) in [5, 5.41) is 6.08. The number of ether oxygens (including phenoxy) is 1. The molecule has 160 valence electrons. The van der Waals surface area contributed by atoms with Gasteiger partial charge >= 0.3 is 0 Å². The fourth-order valence-electron chi connectivity index (χ4n) is 2.93. The van der Waals surface area contributed by atoms with Gasteiger partial charge in [0.1, 0.15) is 5.75 Å². The molecule has 7 nitrogen and oxygen atoms in total. The van der Waals surface area contributed by atoms with Crippen LogP contribution < -0.4 is 15.4 Å². The van der Waals surface area contributed by atoms with Crippen molar-refractivity contribution in [2.75, 3.05) is 17.2 Å². The number of rotatable bonds is 7. The first kappa shape index (κ1) is 21.5. The van der Waals surface area contributed by atoms with Crippen molar-refractivity contribution in [3.8, 4) is 17.0 Å². The third-order valence-corrected chi connectivity index (χ3v) is 5.09. The number of pyridine rings is 1. The SMILES string of the molecule is Cc1ccc(NC(=O)COc2ccc(Br)cc2)cc1Nc1nccc(-c2cccnc2)n1. The van der Waals surface area contributed by atoms with Crippen molar-refractivity contribution in [1.29, 1.82) is 0 Å². The number of hydrogen-bond acceptors (Lipinski definition) is 6. The van der Waals surface area contributed by atoms with Gasteiger partial charge in [-0.15, -0.1) is 0 Å². The van der Waals surface area contributed by atoms with Crippen LogP contribution in [0.2, 0.25) is 0 Å². The van der Waals surface area contributed by atoms with Crippen molar-refractivity contribution in [2.45, 2.75) is 6.92 Å². The molecule has 0 spiro atoms. The van der Waals surface area contributed by atoms with Gasteiger partial charge in [-0.2, -0.15) is 0 Å². The summed E-state index contributed by atoms with van der Waals surface area (Å²) in [6.45, 7) is 1.88. The number of nitrogens with one attached hydrogen (secondary N) is 2. The lowest BCUT2D eigenvalue weighted by molar-refractivity contribution is -0.118. The van der Waals surface area contributed by atoms with E-state index in [0.717, 1.165) is 27.0 Å². The Bertz CT molecular complexity index is 1220. The highest BCUT2D eigenvalue weighted by Gasteiger charge is 2.08. The van der Waals surface area contributed by atoms with E-state index in [1.165, 1.54) is 0 Å². The second-order valence-electron chi connectivity index (χ2n) is 6.95. The lowest BCUT2D eigenvalue weighted by atomic mass is 10.1. The van der Waals surface area contributed by atoms with Crippen molar-refractivity contribution in [1.82, 2.24) is 15.0 Å². The van der Waals surface area contributed by atoms with Gasteiger partial charge in [0.05, 0.1) is 5.69 Å². The minimum absolute atomic E-state index is 0.0888. The molecule has 4 aromatic rings. The number of aromatic nitrogens is 3. The molecule has 32 heavy (non-hydrogen) atoms. The molecule has 2 aromatic heterocycles. The first-order valence-electron chi connectivity index (χ1n) is 9.86. The van der Waals surface area contributed by atoms with E-state index in [2.05, 4.69) is 41.5 Å². The van der Waals surface area contributed by atoms with Crippen molar-refractivity contribution < 1.29 is 9.53 Å². The fraction of sp³-hybridized carbons (Fsp3) is 0.0833. The molecule has 0 unspecified atom stereocenters. The minimum atomic E-state index is -0.252. The number of carbonyl (C=O) groups is 1. The van der Waals surface area contributed by atoms with Crippen LogP contribution in [0.4, 0.5) is 17.3 Å². The Kier molecular flexibility index (Phi) is 6.72. The predicted octanol–water partition coefficient (Wildman–Crippen LogP) is 5.37. The van der Waals surface area contributed by atoms with Gasteiger partial charge in [-0.3, -0.25) is 9.78 Å². The fourth-order valence-corrected chi connectivity index (χ4v) is 3.19. The molecule has 0 radical (unpaired) electrons. The molecule has 0 bridgehead atoms. The normalized spacial score (nSPS) is 10.4. The van der Waals surface area contributed by atoms with Crippen LogP contribution in [-0.4, -0.2) is 27.5 Å². The topological polar surface area (TPSA) is 89.0 Å². The zero-order chi connectivity index (χ0) is 22.3. The second kappa shape index (κ2) is 10.0. The lowest BCUT2D eigenvalue weighted by Crippen LogP contribution is -2.20. The summed E-state index contributed by atoms with van der Waals surface area (Å²) in [5.74, 6) is 0.828. The number of benzene rings is 2. The Morgan fingerprint density at radius 3 is 2.69 bits per heavy atom. The van der Waals surface area contributed by atoms with Crippen LogP contribution in [0, 0.1) is 6.92 Å². The Balaban J connectivity index is 1.42. The first-order chi connectivity index (χ1) is 15.6. The third-order valence-electron chi connectivity index (χ3n) is 4.56. The van der Waals surface area contributed by atoms with Crippen LogP contribution in [-0.2, 0) is 4.79 Å². The molecule has 0 fully saturated rings. The Morgan fingerprint density at radius 1 is 1.06 bits per heavy atom. The maximum absolute atomic E-state index is 12.3. The summed E-state index contributed by atoms with van der Waals surface area (Å²) >= 11 is 3.37. The molecule has 2 aromatic carbocycles. The Hall–Kier alpha value is -3.78. The van der Waals surface area contributed by atoms with Gasteiger partial charge in [0, 0.05) is 40.0 Å².